The summed E-state index contributed by atoms with van der Waals surface area (Å²) in [7, 11) is 0. The molecule has 2 saturated heterocycles. The number of nitrogens with zero attached hydrogens (tertiary/aromatic N) is 2. The zero-order valence-corrected chi connectivity index (χ0v) is 29.8. The number of carbonyl (C=O) groups excluding carboxylic acids is 3. The van der Waals surface area contributed by atoms with Gasteiger partial charge in [-0.15, -0.1) is 0 Å². The molecule has 10 heteroatoms. The number of hydrogen-bond donors (Lipinski definition) is 2. The molecule has 0 saturated carbocycles. The number of imide groups is 1. The minimum absolute atomic E-state index is 0.0440. The number of aliphatic hydroxyl groups excluding tert-OH is 1. The maximum absolute atomic E-state index is 13.3. The predicted octanol–water partition coefficient (Wildman–Crippen LogP) is 6.99. The molecule has 0 aromatic heterocycles. The van der Waals surface area contributed by atoms with Gasteiger partial charge in [0.15, 0.2) is 6.29 Å². The summed E-state index contributed by atoms with van der Waals surface area (Å²) in [5.41, 5.74) is 6.14. The van der Waals surface area contributed by atoms with Crippen LogP contribution in [-0.4, -0.2) is 46.6 Å². The van der Waals surface area contributed by atoms with Crippen LogP contribution in [0.3, 0.4) is 0 Å². The third-order valence-electron chi connectivity index (χ3n) is 9.65. The van der Waals surface area contributed by atoms with Crippen molar-refractivity contribution in [2.75, 3.05) is 11.4 Å². The Bertz CT molecular complexity index is 1950. The number of amides is 3. The lowest BCUT2D eigenvalue weighted by Crippen LogP contribution is -2.42. The standard InChI is InChI=1S/C44H43N3O7/c48-29-33-16-18-35(19-17-33)40-24-38(28-46(26-31-10-4-1-5-11-31)27-32-12-6-2-7-13-32)53-43(54-40)36-20-22-37(23-21-36)47-41(49)25-39(42(47)50)45-44(51)52-30-34-14-8-3-9-15-34/h1-23,38-40,43,48H,24-30H2,(H,45,51)/t38-,39?,40+,43+/m0/s1. The Morgan fingerprint density at radius 3 is 1.89 bits per heavy atom. The topological polar surface area (TPSA) is 118 Å². The van der Waals surface area contributed by atoms with Crippen LogP contribution in [0.15, 0.2) is 140 Å². The van der Waals surface area contributed by atoms with E-state index in [1.165, 1.54) is 11.1 Å². The molecule has 1 unspecified atom stereocenters. The quantitative estimate of drug-likeness (QED) is 0.125. The lowest BCUT2D eigenvalue weighted by atomic mass is 9.99. The summed E-state index contributed by atoms with van der Waals surface area (Å²) in [5.74, 6) is -0.951. The van der Waals surface area contributed by atoms with E-state index in [2.05, 4.69) is 34.5 Å². The first kappa shape index (κ1) is 36.7. The summed E-state index contributed by atoms with van der Waals surface area (Å²) < 4.78 is 18.5. The van der Waals surface area contributed by atoms with Gasteiger partial charge < -0.3 is 24.6 Å². The average Bonchev–Trinajstić information content (AvgIpc) is 3.49. The van der Waals surface area contributed by atoms with E-state index in [4.69, 9.17) is 14.2 Å². The highest BCUT2D eigenvalue weighted by Crippen LogP contribution is 2.39. The third kappa shape index (κ3) is 9.28. The van der Waals surface area contributed by atoms with Crippen LogP contribution >= 0.6 is 0 Å². The fourth-order valence-electron chi connectivity index (χ4n) is 6.89. The summed E-state index contributed by atoms with van der Waals surface area (Å²) in [6.45, 7) is 2.13. The van der Waals surface area contributed by atoms with Crippen molar-refractivity contribution < 1.29 is 33.7 Å². The molecular formula is C44H43N3O7. The van der Waals surface area contributed by atoms with Crippen LogP contribution in [0.25, 0.3) is 0 Å². The first-order chi connectivity index (χ1) is 26.4. The van der Waals surface area contributed by atoms with E-state index in [0.29, 0.717) is 18.7 Å². The molecule has 3 amide bonds. The molecule has 0 radical (unpaired) electrons. The van der Waals surface area contributed by atoms with Gasteiger partial charge in [0.2, 0.25) is 5.91 Å². The van der Waals surface area contributed by atoms with E-state index in [1.54, 1.807) is 24.3 Å². The first-order valence-corrected chi connectivity index (χ1v) is 18.2. The molecule has 2 aliphatic heterocycles. The number of rotatable bonds is 13. The zero-order valence-electron chi connectivity index (χ0n) is 29.8. The first-order valence-electron chi connectivity index (χ1n) is 18.2. The van der Waals surface area contributed by atoms with Gasteiger partial charge in [-0.25, -0.2) is 9.69 Å². The largest absolute Gasteiger partial charge is 0.445 e. The van der Waals surface area contributed by atoms with E-state index in [-0.39, 0.29) is 31.8 Å². The van der Waals surface area contributed by atoms with Gasteiger partial charge in [-0.2, -0.15) is 0 Å². The summed E-state index contributed by atoms with van der Waals surface area (Å²) in [4.78, 5) is 42.3. The Morgan fingerprint density at radius 1 is 0.722 bits per heavy atom. The lowest BCUT2D eigenvalue weighted by molar-refractivity contribution is -0.253. The van der Waals surface area contributed by atoms with Crippen molar-refractivity contribution in [1.82, 2.24) is 10.2 Å². The molecule has 5 aromatic carbocycles. The molecule has 2 heterocycles. The van der Waals surface area contributed by atoms with Crippen LogP contribution in [0.5, 0.6) is 0 Å². The normalized spacial score (nSPS) is 19.9. The Labute approximate surface area is 314 Å². The SMILES string of the molecule is O=C(NC1CC(=O)N(c2ccc([C@@H]3O[C@H](CN(Cc4ccccc4)Cc4ccccc4)C[C@H](c4ccc(CO)cc4)O3)cc2)C1=O)OCc1ccccc1. The molecule has 0 aliphatic carbocycles. The van der Waals surface area contributed by atoms with E-state index in [0.717, 1.165) is 40.2 Å². The second-order valence-electron chi connectivity index (χ2n) is 13.6. The lowest BCUT2D eigenvalue weighted by Gasteiger charge is -2.38. The molecule has 5 aromatic rings. The summed E-state index contributed by atoms with van der Waals surface area (Å²) in [6, 6.07) is 43.7. The number of benzene rings is 5. The number of carbonyl (C=O) groups is 3. The van der Waals surface area contributed by atoms with Crippen LogP contribution in [0.1, 0.15) is 58.6 Å². The molecule has 4 atom stereocenters. The van der Waals surface area contributed by atoms with Gasteiger partial charge >= 0.3 is 6.09 Å². The minimum atomic E-state index is -1.03. The Hall–Kier alpha value is -5.65. The van der Waals surface area contributed by atoms with Gasteiger partial charge in [-0.05, 0) is 39.9 Å². The molecular weight excluding hydrogens is 682 g/mol. The fourth-order valence-corrected chi connectivity index (χ4v) is 6.89. The fraction of sp³-hybridized carbons (Fsp3) is 0.250. The highest BCUT2D eigenvalue weighted by Gasteiger charge is 2.41. The molecule has 54 heavy (non-hydrogen) atoms. The van der Waals surface area contributed by atoms with Crippen LogP contribution in [0.4, 0.5) is 10.5 Å². The molecule has 2 N–H and O–H groups in total. The number of hydrogen-bond acceptors (Lipinski definition) is 8. The summed E-state index contributed by atoms with van der Waals surface area (Å²) in [6.07, 6.45) is -1.53. The van der Waals surface area contributed by atoms with Crippen molar-refractivity contribution in [3.8, 4) is 0 Å². The number of anilines is 1. The van der Waals surface area contributed by atoms with Crippen molar-refractivity contribution >= 4 is 23.6 Å². The van der Waals surface area contributed by atoms with Gasteiger partial charge in [0.1, 0.15) is 12.6 Å². The van der Waals surface area contributed by atoms with Crippen LogP contribution in [0, 0.1) is 0 Å². The molecule has 7 rings (SSSR count). The van der Waals surface area contributed by atoms with Crippen molar-refractivity contribution in [1.29, 1.82) is 0 Å². The van der Waals surface area contributed by atoms with Gasteiger partial charge in [-0.3, -0.25) is 14.5 Å². The van der Waals surface area contributed by atoms with Crippen LogP contribution in [-0.2, 0) is 50.1 Å². The maximum atomic E-state index is 13.3. The van der Waals surface area contributed by atoms with Crippen LogP contribution < -0.4 is 10.2 Å². The van der Waals surface area contributed by atoms with E-state index < -0.39 is 30.2 Å². The number of nitrogens with one attached hydrogen (secondary N) is 1. The summed E-state index contributed by atoms with van der Waals surface area (Å²) >= 11 is 0. The van der Waals surface area contributed by atoms with Crippen molar-refractivity contribution in [3.05, 3.63) is 173 Å². The second kappa shape index (κ2) is 17.5. The Balaban J connectivity index is 1.06. The molecule has 276 valence electrons. The van der Waals surface area contributed by atoms with Crippen molar-refractivity contribution in [2.45, 2.75) is 63.7 Å². The minimum Gasteiger partial charge on any atom is -0.445 e. The van der Waals surface area contributed by atoms with E-state index in [1.807, 2.05) is 91.0 Å². The Kier molecular flexibility index (Phi) is 11.9. The number of aliphatic hydroxyl groups is 1. The predicted molar refractivity (Wildman–Crippen MR) is 203 cm³/mol. The van der Waals surface area contributed by atoms with Gasteiger partial charge in [0, 0.05) is 31.6 Å². The van der Waals surface area contributed by atoms with Gasteiger partial charge in [0.25, 0.3) is 5.91 Å². The van der Waals surface area contributed by atoms with Crippen LogP contribution in [0.2, 0.25) is 0 Å². The van der Waals surface area contributed by atoms with Crippen molar-refractivity contribution in [3.63, 3.8) is 0 Å². The van der Waals surface area contributed by atoms with Crippen molar-refractivity contribution in [2.24, 2.45) is 0 Å². The second-order valence-corrected chi connectivity index (χ2v) is 13.6. The van der Waals surface area contributed by atoms with Gasteiger partial charge in [0.05, 0.1) is 30.9 Å². The smallest absolute Gasteiger partial charge is 0.408 e. The molecule has 0 spiro atoms. The number of ether oxygens (including phenoxy) is 3. The third-order valence-corrected chi connectivity index (χ3v) is 9.65. The zero-order chi connectivity index (χ0) is 37.3. The highest BCUT2D eigenvalue weighted by molar-refractivity contribution is 6.22. The van der Waals surface area contributed by atoms with Gasteiger partial charge in [-0.1, -0.05) is 127 Å². The molecule has 2 fully saturated rings. The monoisotopic (exact) mass is 725 g/mol. The summed E-state index contributed by atoms with van der Waals surface area (Å²) in [5, 5.41) is 12.2. The highest BCUT2D eigenvalue weighted by atomic mass is 16.7. The number of alkyl carbamates (subject to hydrolysis) is 1. The van der Waals surface area contributed by atoms with E-state index >= 15 is 0 Å². The van der Waals surface area contributed by atoms with E-state index in [9.17, 15) is 19.5 Å². The Morgan fingerprint density at radius 2 is 1.30 bits per heavy atom. The molecule has 10 nitrogen and oxygen atoms in total. The molecule has 2 aliphatic rings. The average molecular weight is 726 g/mol. The maximum Gasteiger partial charge on any atom is 0.408 e. The molecule has 0 bridgehead atoms.